The summed E-state index contributed by atoms with van der Waals surface area (Å²) in [5.74, 6) is -1.90. The molecule has 0 amide bonds. The van der Waals surface area contributed by atoms with E-state index in [1.807, 2.05) is 0 Å². The van der Waals surface area contributed by atoms with E-state index in [4.69, 9.17) is 9.84 Å². The Hall–Kier alpha value is -1.64. The van der Waals surface area contributed by atoms with Crippen LogP contribution < -0.4 is 4.72 Å². The average molecular weight is 303 g/mol. The molecule has 0 spiro atoms. The van der Waals surface area contributed by atoms with Crippen LogP contribution in [0, 0.1) is 0 Å². The van der Waals surface area contributed by atoms with Crippen molar-refractivity contribution in [3.63, 3.8) is 0 Å². The van der Waals surface area contributed by atoms with Crippen molar-refractivity contribution in [2.45, 2.75) is 24.3 Å². The van der Waals surface area contributed by atoms with Gasteiger partial charge in [0.25, 0.3) is 0 Å². The third-order valence-electron chi connectivity index (χ3n) is 2.42. The molecule has 0 aromatic heterocycles. The zero-order chi connectivity index (χ0) is 15.6. The molecule has 0 aliphatic heterocycles. The summed E-state index contributed by atoms with van der Waals surface area (Å²) in [6, 6.07) is 3.07. The molecule has 1 rings (SSSR count). The Balaban J connectivity index is 3.17. The maximum Gasteiger partial charge on any atom is 0.339 e. The van der Waals surface area contributed by atoms with Crippen LogP contribution in [0.5, 0.6) is 5.75 Å². The maximum absolute atomic E-state index is 12.2. The maximum atomic E-state index is 12.2. The molecule has 112 valence electrons. The molecule has 7 nitrogen and oxygen atoms in total. The van der Waals surface area contributed by atoms with Crippen LogP contribution in [0.15, 0.2) is 23.1 Å². The van der Waals surface area contributed by atoms with Crippen LogP contribution in [0.4, 0.5) is 0 Å². The topological polar surface area (TPSA) is 113 Å². The van der Waals surface area contributed by atoms with Gasteiger partial charge in [-0.15, -0.1) is 0 Å². The summed E-state index contributed by atoms with van der Waals surface area (Å²) in [5, 5.41) is 18.2. The second kappa shape index (κ2) is 5.78. The van der Waals surface area contributed by atoms with Crippen molar-refractivity contribution in [1.29, 1.82) is 0 Å². The molecule has 0 radical (unpaired) electrons. The number of ether oxygens (including phenoxy) is 1. The first-order chi connectivity index (χ1) is 9.09. The Kier molecular flexibility index (Phi) is 4.74. The van der Waals surface area contributed by atoms with Crippen molar-refractivity contribution in [2.24, 2.45) is 0 Å². The minimum atomic E-state index is -3.92. The number of carboxylic acids is 1. The van der Waals surface area contributed by atoms with Crippen molar-refractivity contribution >= 4 is 16.0 Å². The second-order valence-corrected chi connectivity index (χ2v) is 6.59. The third-order valence-corrected chi connectivity index (χ3v) is 4.12. The van der Waals surface area contributed by atoms with Gasteiger partial charge in [-0.25, -0.2) is 17.9 Å². The number of aromatic carboxylic acids is 1. The first-order valence-electron chi connectivity index (χ1n) is 5.68. The van der Waals surface area contributed by atoms with E-state index in [-0.39, 0.29) is 11.5 Å². The van der Waals surface area contributed by atoms with Gasteiger partial charge in [-0.2, -0.15) is 0 Å². The number of aromatic hydroxyl groups is 1. The van der Waals surface area contributed by atoms with E-state index < -0.39 is 32.8 Å². The lowest BCUT2D eigenvalue weighted by Crippen LogP contribution is -2.46. The monoisotopic (exact) mass is 303 g/mol. The molecule has 0 fully saturated rings. The van der Waals surface area contributed by atoms with Gasteiger partial charge in [0.05, 0.1) is 17.0 Å². The standard InChI is InChI=1S/C12H17NO6S/c1-12(2,7-19-3)13-20(17,18)8-4-5-10(14)9(6-8)11(15)16/h4-6,13-14H,7H2,1-3H3,(H,15,16). The zero-order valence-corrected chi connectivity index (χ0v) is 12.2. The lowest BCUT2D eigenvalue weighted by Gasteiger charge is -2.25. The van der Waals surface area contributed by atoms with Crippen LogP contribution in [-0.2, 0) is 14.8 Å². The molecule has 0 unspecified atom stereocenters. The molecule has 8 heteroatoms. The summed E-state index contributed by atoms with van der Waals surface area (Å²) in [5.41, 5.74) is -1.33. The van der Waals surface area contributed by atoms with E-state index in [0.29, 0.717) is 0 Å². The minimum absolute atomic E-state index is 0.149. The lowest BCUT2D eigenvalue weighted by atomic mass is 10.1. The fraction of sp³-hybridized carbons (Fsp3) is 0.417. The molecule has 0 aliphatic carbocycles. The molecule has 0 bridgehead atoms. The Morgan fingerprint density at radius 2 is 2.00 bits per heavy atom. The highest BCUT2D eigenvalue weighted by Crippen LogP contribution is 2.22. The Morgan fingerprint density at radius 3 is 2.50 bits per heavy atom. The van der Waals surface area contributed by atoms with Crippen molar-refractivity contribution in [3.05, 3.63) is 23.8 Å². The number of methoxy groups -OCH3 is 1. The molecule has 1 aromatic carbocycles. The SMILES string of the molecule is COCC(C)(C)NS(=O)(=O)c1ccc(O)c(C(=O)O)c1. The largest absolute Gasteiger partial charge is 0.507 e. The number of nitrogens with one attached hydrogen (secondary N) is 1. The van der Waals surface area contributed by atoms with Crippen molar-refractivity contribution in [3.8, 4) is 5.75 Å². The molecule has 0 saturated heterocycles. The first-order valence-corrected chi connectivity index (χ1v) is 7.16. The summed E-state index contributed by atoms with van der Waals surface area (Å²) in [7, 11) is -2.47. The van der Waals surface area contributed by atoms with Gasteiger partial charge in [0.2, 0.25) is 10.0 Å². The summed E-state index contributed by atoms with van der Waals surface area (Å²) < 4.78 is 31.7. The number of rotatable bonds is 6. The molecular weight excluding hydrogens is 286 g/mol. The molecular formula is C12H17NO6S. The van der Waals surface area contributed by atoms with Gasteiger partial charge < -0.3 is 14.9 Å². The number of hydrogen-bond acceptors (Lipinski definition) is 5. The number of hydrogen-bond donors (Lipinski definition) is 3. The van der Waals surface area contributed by atoms with Gasteiger partial charge in [0.15, 0.2) is 0 Å². The van der Waals surface area contributed by atoms with Crippen molar-refractivity contribution in [2.75, 3.05) is 13.7 Å². The van der Waals surface area contributed by atoms with Crippen LogP contribution >= 0.6 is 0 Å². The third kappa shape index (κ3) is 3.92. The fourth-order valence-electron chi connectivity index (χ4n) is 1.67. The Bertz CT molecular complexity index is 608. The van der Waals surface area contributed by atoms with Gasteiger partial charge in [0, 0.05) is 7.11 Å². The predicted octanol–water partition coefficient (Wildman–Crippen LogP) is 0.794. The van der Waals surface area contributed by atoms with Gasteiger partial charge in [-0.1, -0.05) is 0 Å². The number of benzene rings is 1. The molecule has 1 aromatic rings. The zero-order valence-electron chi connectivity index (χ0n) is 11.4. The summed E-state index contributed by atoms with van der Waals surface area (Å²) in [6.07, 6.45) is 0. The van der Waals surface area contributed by atoms with Crippen LogP contribution in [0.1, 0.15) is 24.2 Å². The molecule has 0 saturated carbocycles. The van der Waals surface area contributed by atoms with E-state index in [2.05, 4.69) is 4.72 Å². The van der Waals surface area contributed by atoms with Gasteiger partial charge >= 0.3 is 5.97 Å². The molecule has 0 atom stereocenters. The minimum Gasteiger partial charge on any atom is -0.507 e. The number of phenols is 1. The van der Waals surface area contributed by atoms with Gasteiger partial charge in [-0.05, 0) is 32.0 Å². The van der Waals surface area contributed by atoms with E-state index in [1.54, 1.807) is 13.8 Å². The lowest BCUT2D eigenvalue weighted by molar-refractivity contribution is 0.0693. The molecule has 20 heavy (non-hydrogen) atoms. The van der Waals surface area contributed by atoms with E-state index in [1.165, 1.54) is 7.11 Å². The quantitative estimate of drug-likeness (QED) is 0.716. The van der Waals surface area contributed by atoms with E-state index in [9.17, 15) is 18.3 Å². The number of carbonyl (C=O) groups is 1. The van der Waals surface area contributed by atoms with Crippen LogP contribution in [0.25, 0.3) is 0 Å². The molecule has 0 heterocycles. The van der Waals surface area contributed by atoms with Gasteiger partial charge in [0.1, 0.15) is 11.3 Å². The van der Waals surface area contributed by atoms with E-state index in [0.717, 1.165) is 18.2 Å². The highest BCUT2D eigenvalue weighted by Gasteiger charge is 2.27. The van der Waals surface area contributed by atoms with Crippen molar-refractivity contribution < 1.29 is 28.2 Å². The predicted molar refractivity (Wildman–Crippen MR) is 71.3 cm³/mol. The van der Waals surface area contributed by atoms with Gasteiger partial charge in [-0.3, -0.25) is 0 Å². The molecule has 0 aliphatic rings. The van der Waals surface area contributed by atoms with Crippen LogP contribution in [0.2, 0.25) is 0 Å². The summed E-state index contributed by atoms with van der Waals surface area (Å²) >= 11 is 0. The van der Waals surface area contributed by atoms with Crippen LogP contribution in [0.3, 0.4) is 0 Å². The second-order valence-electron chi connectivity index (χ2n) is 4.91. The summed E-state index contributed by atoms with van der Waals surface area (Å²) in [6.45, 7) is 3.41. The molecule has 3 N–H and O–H groups in total. The first kappa shape index (κ1) is 16.4. The summed E-state index contributed by atoms with van der Waals surface area (Å²) in [4.78, 5) is 10.7. The fourth-order valence-corrected chi connectivity index (χ4v) is 3.09. The highest BCUT2D eigenvalue weighted by atomic mass is 32.2. The smallest absolute Gasteiger partial charge is 0.339 e. The van der Waals surface area contributed by atoms with E-state index >= 15 is 0 Å². The highest BCUT2D eigenvalue weighted by molar-refractivity contribution is 7.89. The average Bonchev–Trinajstić information content (AvgIpc) is 2.26. The number of sulfonamides is 1. The normalized spacial score (nSPS) is 12.3. The Morgan fingerprint density at radius 1 is 1.40 bits per heavy atom. The van der Waals surface area contributed by atoms with Crippen molar-refractivity contribution in [1.82, 2.24) is 4.72 Å². The van der Waals surface area contributed by atoms with Crippen LogP contribution in [-0.4, -0.2) is 43.9 Å². The number of carboxylic acid groups (broad SMARTS) is 1. The Labute approximate surface area is 117 Å².